The number of rotatable bonds is 6. The molecule has 1 aromatic rings. The third-order valence-electron chi connectivity index (χ3n) is 3.29. The summed E-state index contributed by atoms with van der Waals surface area (Å²) in [5, 5.41) is 6.97. The van der Waals surface area contributed by atoms with Crippen LogP contribution in [0.4, 0.5) is 0 Å². The Morgan fingerprint density at radius 2 is 2.05 bits per heavy atom. The van der Waals surface area contributed by atoms with Gasteiger partial charge in [-0.05, 0) is 32.2 Å². The first-order valence-electron chi connectivity index (χ1n) is 6.83. The maximum atomic E-state index is 12.7. The third-order valence-corrected chi connectivity index (χ3v) is 3.29. The minimum atomic E-state index is -0.0730. The predicted molar refractivity (Wildman–Crippen MR) is 77.1 cm³/mol. The minimum absolute atomic E-state index is 0.0483. The fraction of sp³-hybridized carbons (Fsp3) is 0.714. The highest BCUT2D eigenvalue weighted by Crippen LogP contribution is 2.19. The van der Waals surface area contributed by atoms with Crippen LogP contribution in [0.15, 0.2) is 0 Å². The SMILES string of the molecule is CCCN(CC(C)(C)CN)C(=O)c1c(C)n[nH]c1C. The summed E-state index contributed by atoms with van der Waals surface area (Å²) in [6, 6.07) is 0. The van der Waals surface area contributed by atoms with Crippen molar-refractivity contribution in [3.63, 3.8) is 0 Å². The summed E-state index contributed by atoms with van der Waals surface area (Å²) in [5.74, 6) is 0.0483. The van der Waals surface area contributed by atoms with Gasteiger partial charge in [0.15, 0.2) is 0 Å². The number of hydrogen-bond acceptors (Lipinski definition) is 3. The van der Waals surface area contributed by atoms with Crippen molar-refractivity contribution in [1.29, 1.82) is 0 Å². The second kappa shape index (κ2) is 6.19. The number of nitrogens with zero attached hydrogens (tertiary/aromatic N) is 2. The molecule has 1 amide bonds. The van der Waals surface area contributed by atoms with E-state index in [4.69, 9.17) is 5.73 Å². The van der Waals surface area contributed by atoms with Gasteiger partial charge in [-0.15, -0.1) is 0 Å². The molecule has 0 saturated carbocycles. The molecule has 1 rings (SSSR count). The van der Waals surface area contributed by atoms with E-state index in [1.165, 1.54) is 0 Å². The van der Waals surface area contributed by atoms with Crippen molar-refractivity contribution in [3.8, 4) is 0 Å². The van der Waals surface area contributed by atoms with E-state index in [9.17, 15) is 4.79 Å². The zero-order valence-electron chi connectivity index (χ0n) is 12.7. The topological polar surface area (TPSA) is 75.0 Å². The van der Waals surface area contributed by atoms with Gasteiger partial charge in [0.1, 0.15) is 0 Å². The van der Waals surface area contributed by atoms with Crippen LogP contribution in [-0.2, 0) is 0 Å². The second-order valence-corrected chi connectivity index (χ2v) is 5.90. The summed E-state index contributed by atoms with van der Waals surface area (Å²) in [6.07, 6.45) is 0.933. The van der Waals surface area contributed by atoms with Crippen molar-refractivity contribution in [3.05, 3.63) is 17.0 Å². The highest BCUT2D eigenvalue weighted by Gasteiger charge is 2.26. The molecule has 1 aromatic heterocycles. The van der Waals surface area contributed by atoms with Crippen LogP contribution in [0.2, 0.25) is 0 Å². The molecule has 19 heavy (non-hydrogen) atoms. The molecule has 0 aliphatic rings. The van der Waals surface area contributed by atoms with Gasteiger partial charge in [0.25, 0.3) is 5.91 Å². The van der Waals surface area contributed by atoms with Gasteiger partial charge in [-0.1, -0.05) is 20.8 Å². The molecule has 0 aliphatic heterocycles. The number of aromatic amines is 1. The predicted octanol–water partition coefficient (Wildman–Crippen LogP) is 1.86. The minimum Gasteiger partial charge on any atom is -0.338 e. The Kier molecular flexibility index (Phi) is 5.11. The number of amides is 1. The van der Waals surface area contributed by atoms with Crippen LogP contribution in [0.5, 0.6) is 0 Å². The fourth-order valence-corrected chi connectivity index (χ4v) is 2.13. The van der Waals surface area contributed by atoms with Crippen LogP contribution < -0.4 is 5.73 Å². The molecule has 108 valence electrons. The maximum Gasteiger partial charge on any atom is 0.257 e. The zero-order chi connectivity index (χ0) is 14.6. The summed E-state index contributed by atoms with van der Waals surface area (Å²) in [7, 11) is 0. The highest BCUT2D eigenvalue weighted by atomic mass is 16.2. The summed E-state index contributed by atoms with van der Waals surface area (Å²) < 4.78 is 0. The molecule has 0 spiro atoms. The molecule has 0 fully saturated rings. The fourth-order valence-electron chi connectivity index (χ4n) is 2.13. The molecule has 1 heterocycles. The number of hydrogen-bond donors (Lipinski definition) is 2. The normalized spacial score (nSPS) is 11.7. The zero-order valence-corrected chi connectivity index (χ0v) is 12.7. The van der Waals surface area contributed by atoms with E-state index in [0.717, 1.165) is 24.4 Å². The molecule has 0 atom stereocenters. The van der Waals surface area contributed by atoms with Gasteiger partial charge in [-0.3, -0.25) is 9.89 Å². The van der Waals surface area contributed by atoms with E-state index in [1.54, 1.807) is 0 Å². The molecule has 0 aromatic carbocycles. The van der Waals surface area contributed by atoms with Gasteiger partial charge in [-0.2, -0.15) is 5.10 Å². The van der Waals surface area contributed by atoms with Gasteiger partial charge in [-0.25, -0.2) is 0 Å². The first-order chi connectivity index (χ1) is 8.82. The average molecular weight is 266 g/mol. The average Bonchev–Trinajstić information content (AvgIpc) is 2.67. The first kappa shape index (κ1) is 15.7. The third kappa shape index (κ3) is 3.80. The Hall–Kier alpha value is -1.36. The Morgan fingerprint density at radius 3 is 2.47 bits per heavy atom. The van der Waals surface area contributed by atoms with Crippen molar-refractivity contribution in [2.75, 3.05) is 19.6 Å². The van der Waals surface area contributed by atoms with E-state index >= 15 is 0 Å². The molecular weight excluding hydrogens is 240 g/mol. The van der Waals surface area contributed by atoms with Gasteiger partial charge < -0.3 is 10.6 Å². The largest absolute Gasteiger partial charge is 0.338 e. The molecule has 5 nitrogen and oxygen atoms in total. The number of H-pyrrole nitrogens is 1. The molecule has 0 radical (unpaired) electrons. The maximum absolute atomic E-state index is 12.7. The van der Waals surface area contributed by atoms with Crippen molar-refractivity contribution in [2.45, 2.75) is 41.0 Å². The number of nitrogens with one attached hydrogen (secondary N) is 1. The van der Waals surface area contributed by atoms with E-state index in [-0.39, 0.29) is 11.3 Å². The Balaban J connectivity index is 2.97. The Bertz CT molecular complexity index is 417. The summed E-state index contributed by atoms with van der Waals surface area (Å²) >= 11 is 0. The number of aryl methyl sites for hydroxylation is 2. The molecule has 5 heteroatoms. The number of nitrogens with two attached hydrogens (primary N) is 1. The molecule has 0 unspecified atom stereocenters. The van der Waals surface area contributed by atoms with E-state index in [1.807, 2.05) is 18.7 Å². The lowest BCUT2D eigenvalue weighted by Gasteiger charge is -2.31. The summed E-state index contributed by atoms with van der Waals surface area (Å²) in [4.78, 5) is 14.5. The first-order valence-corrected chi connectivity index (χ1v) is 6.83. The van der Waals surface area contributed by atoms with Gasteiger partial charge in [0.05, 0.1) is 11.3 Å². The lowest BCUT2D eigenvalue weighted by Crippen LogP contribution is -2.42. The molecule has 0 bridgehead atoms. The Morgan fingerprint density at radius 1 is 1.42 bits per heavy atom. The van der Waals surface area contributed by atoms with E-state index in [2.05, 4.69) is 31.0 Å². The van der Waals surface area contributed by atoms with Crippen LogP contribution >= 0.6 is 0 Å². The molecule has 0 aliphatic carbocycles. The van der Waals surface area contributed by atoms with Gasteiger partial charge in [0.2, 0.25) is 0 Å². The van der Waals surface area contributed by atoms with Gasteiger partial charge >= 0.3 is 0 Å². The summed E-state index contributed by atoms with van der Waals surface area (Å²) in [5.41, 5.74) is 7.98. The molecule has 0 saturated heterocycles. The van der Waals surface area contributed by atoms with Crippen LogP contribution in [0.25, 0.3) is 0 Å². The van der Waals surface area contributed by atoms with Crippen LogP contribution in [-0.4, -0.2) is 40.6 Å². The monoisotopic (exact) mass is 266 g/mol. The standard InChI is InChI=1S/C14H26N4O/c1-6-7-18(9-14(4,5)8-15)13(19)12-10(2)16-17-11(12)3/h6-9,15H2,1-5H3,(H,16,17). The molecular formula is C14H26N4O. The number of carbonyl (C=O) groups excluding carboxylic acids is 1. The summed E-state index contributed by atoms with van der Waals surface area (Å²) in [6.45, 7) is 11.9. The molecule has 3 N–H and O–H groups in total. The van der Waals surface area contributed by atoms with E-state index < -0.39 is 0 Å². The van der Waals surface area contributed by atoms with Crippen molar-refractivity contribution >= 4 is 5.91 Å². The quantitative estimate of drug-likeness (QED) is 0.825. The van der Waals surface area contributed by atoms with E-state index in [0.29, 0.717) is 18.7 Å². The van der Waals surface area contributed by atoms with Crippen LogP contribution in [0.1, 0.15) is 48.9 Å². The smallest absolute Gasteiger partial charge is 0.257 e. The lowest BCUT2D eigenvalue weighted by molar-refractivity contribution is 0.0688. The van der Waals surface area contributed by atoms with Crippen molar-refractivity contribution < 1.29 is 4.79 Å². The number of aromatic nitrogens is 2. The highest BCUT2D eigenvalue weighted by molar-refractivity contribution is 5.96. The Labute approximate surface area is 115 Å². The van der Waals surface area contributed by atoms with Crippen LogP contribution in [0, 0.1) is 19.3 Å². The second-order valence-electron chi connectivity index (χ2n) is 5.90. The lowest BCUT2D eigenvalue weighted by atomic mass is 9.92. The van der Waals surface area contributed by atoms with Crippen molar-refractivity contribution in [1.82, 2.24) is 15.1 Å². The van der Waals surface area contributed by atoms with Gasteiger partial charge in [0, 0.05) is 18.8 Å². The van der Waals surface area contributed by atoms with Crippen LogP contribution in [0.3, 0.4) is 0 Å². The van der Waals surface area contributed by atoms with Crippen molar-refractivity contribution in [2.24, 2.45) is 11.1 Å². The number of carbonyl (C=O) groups is 1.